The van der Waals surface area contributed by atoms with Crippen LogP contribution >= 0.6 is 0 Å². The van der Waals surface area contributed by atoms with Gasteiger partial charge in [0.25, 0.3) is 0 Å². The minimum absolute atomic E-state index is 0.0242. The average Bonchev–Trinajstić information content (AvgIpc) is 2.66. The lowest BCUT2D eigenvalue weighted by Crippen LogP contribution is -2.74. The highest BCUT2D eigenvalue weighted by atomic mass is 19.4. The molecule has 0 spiro atoms. The molecule has 0 aliphatic rings. The van der Waals surface area contributed by atoms with Crippen LogP contribution in [0.2, 0.25) is 0 Å². The summed E-state index contributed by atoms with van der Waals surface area (Å²) in [4.78, 5) is 36.2. The number of hydrogen-bond acceptors (Lipinski definition) is 4. The first-order valence-electron chi connectivity index (χ1n) is 9.31. The van der Waals surface area contributed by atoms with Crippen molar-refractivity contribution in [2.24, 2.45) is 0 Å². The van der Waals surface area contributed by atoms with Crippen molar-refractivity contribution < 1.29 is 32.3 Å². The van der Waals surface area contributed by atoms with Crippen LogP contribution in [0, 0.1) is 0 Å². The highest BCUT2D eigenvalue weighted by Gasteiger charge is 2.64. The standard InChI is InChI=1S/C19H26F3N3O4/c1-3-5-11-15(26)24-18(19(20,21)22,16(27)29-4-2)25-17(28)23-13-12-14-9-7-6-8-10-14/h6-10H,3-5,11-13H2,1-2H3,(H,24,26)(H2,23,25,28)/t18-/m1/s1. The van der Waals surface area contributed by atoms with Crippen molar-refractivity contribution in [1.82, 2.24) is 16.0 Å². The smallest absolute Gasteiger partial charge is 0.442 e. The first kappa shape index (κ1) is 24.3. The van der Waals surface area contributed by atoms with Gasteiger partial charge in [0.2, 0.25) is 5.91 Å². The summed E-state index contributed by atoms with van der Waals surface area (Å²) in [6.07, 6.45) is -4.29. The lowest BCUT2D eigenvalue weighted by molar-refractivity contribution is -0.218. The van der Waals surface area contributed by atoms with E-state index >= 15 is 0 Å². The zero-order valence-electron chi connectivity index (χ0n) is 16.4. The quantitative estimate of drug-likeness (QED) is 0.403. The molecule has 0 bridgehead atoms. The van der Waals surface area contributed by atoms with Crippen molar-refractivity contribution in [3.63, 3.8) is 0 Å². The maximum atomic E-state index is 13.8. The van der Waals surface area contributed by atoms with Gasteiger partial charge in [0.15, 0.2) is 0 Å². The molecule has 0 heterocycles. The van der Waals surface area contributed by atoms with Crippen molar-refractivity contribution in [3.8, 4) is 0 Å². The minimum atomic E-state index is -5.32. The molecular weight excluding hydrogens is 391 g/mol. The second kappa shape index (κ2) is 11.3. The Balaban J connectivity index is 2.93. The van der Waals surface area contributed by atoms with Crippen LogP contribution < -0.4 is 16.0 Å². The highest BCUT2D eigenvalue weighted by molar-refractivity contribution is 5.92. The summed E-state index contributed by atoms with van der Waals surface area (Å²) in [6.45, 7) is 2.74. The Hall–Kier alpha value is -2.78. The fraction of sp³-hybridized carbons (Fsp3) is 0.526. The van der Waals surface area contributed by atoms with Crippen molar-refractivity contribution in [1.29, 1.82) is 0 Å². The van der Waals surface area contributed by atoms with Gasteiger partial charge in [-0.15, -0.1) is 0 Å². The van der Waals surface area contributed by atoms with Crippen LogP contribution in [-0.4, -0.2) is 42.9 Å². The van der Waals surface area contributed by atoms with E-state index in [1.807, 2.05) is 6.07 Å². The highest BCUT2D eigenvalue weighted by Crippen LogP contribution is 2.30. The van der Waals surface area contributed by atoms with Gasteiger partial charge >= 0.3 is 23.8 Å². The monoisotopic (exact) mass is 417 g/mol. The Morgan fingerprint density at radius 3 is 2.24 bits per heavy atom. The molecule has 162 valence electrons. The largest absolute Gasteiger partial charge is 0.463 e. The summed E-state index contributed by atoms with van der Waals surface area (Å²) < 4.78 is 46.0. The second-order valence-corrected chi connectivity index (χ2v) is 6.24. The van der Waals surface area contributed by atoms with E-state index in [0.29, 0.717) is 19.3 Å². The van der Waals surface area contributed by atoms with E-state index < -0.39 is 29.7 Å². The van der Waals surface area contributed by atoms with Gasteiger partial charge in [0.1, 0.15) is 0 Å². The summed E-state index contributed by atoms with van der Waals surface area (Å²) in [5.74, 6) is -2.84. The molecule has 0 aliphatic carbocycles. The second-order valence-electron chi connectivity index (χ2n) is 6.24. The number of rotatable bonds is 10. The van der Waals surface area contributed by atoms with Crippen molar-refractivity contribution in [3.05, 3.63) is 35.9 Å². The van der Waals surface area contributed by atoms with Crippen LogP contribution in [0.25, 0.3) is 0 Å². The predicted molar refractivity (Wildman–Crippen MR) is 99.8 cm³/mol. The average molecular weight is 417 g/mol. The molecule has 0 saturated carbocycles. The first-order chi connectivity index (χ1) is 13.7. The number of benzene rings is 1. The molecule has 3 N–H and O–H groups in total. The van der Waals surface area contributed by atoms with E-state index in [0.717, 1.165) is 5.56 Å². The number of carbonyl (C=O) groups excluding carboxylic acids is 3. The number of nitrogens with one attached hydrogen (secondary N) is 3. The van der Waals surface area contributed by atoms with Gasteiger partial charge in [-0.2, -0.15) is 13.2 Å². The first-order valence-corrected chi connectivity index (χ1v) is 9.31. The van der Waals surface area contributed by atoms with Gasteiger partial charge in [0, 0.05) is 13.0 Å². The minimum Gasteiger partial charge on any atom is -0.463 e. The molecule has 0 unspecified atom stereocenters. The molecular formula is C19H26F3N3O4. The van der Waals surface area contributed by atoms with Crippen LogP contribution in [0.1, 0.15) is 38.7 Å². The fourth-order valence-electron chi connectivity index (χ4n) is 2.42. The number of amides is 3. The summed E-state index contributed by atoms with van der Waals surface area (Å²) in [5.41, 5.74) is -2.81. The van der Waals surface area contributed by atoms with E-state index in [4.69, 9.17) is 0 Å². The van der Waals surface area contributed by atoms with E-state index in [1.54, 1.807) is 41.8 Å². The van der Waals surface area contributed by atoms with Crippen molar-refractivity contribution in [2.45, 2.75) is 51.4 Å². The van der Waals surface area contributed by atoms with Crippen molar-refractivity contribution >= 4 is 17.9 Å². The molecule has 0 radical (unpaired) electrons. The molecule has 0 aliphatic heterocycles. The normalized spacial score (nSPS) is 13.1. The van der Waals surface area contributed by atoms with Crippen LogP contribution in [0.5, 0.6) is 0 Å². The van der Waals surface area contributed by atoms with Crippen LogP contribution in [-0.2, 0) is 20.7 Å². The van der Waals surface area contributed by atoms with E-state index in [9.17, 15) is 27.6 Å². The topological polar surface area (TPSA) is 96.5 Å². The molecule has 7 nitrogen and oxygen atoms in total. The molecule has 0 fully saturated rings. The Kier molecular flexibility index (Phi) is 9.43. The van der Waals surface area contributed by atoms with E-state index in [-0.39, 0.29) is 19.6 Å². The third kappa shape index (κ3) is 7.28. The molecule has 10 heteroatoms. The van der Waals surface area contributed by atoms with Crippen LogP contribution in [0.15, 0.2) is 30.3 Å². The van der Waals surface area contributed by atoms with Crippen molar-refractivity contribution in [2.75, 3.05) is 13.2 Å². The molecule has 3 amide bonds. The van der Waals surface area contributed by atoms with Gasteiger partial charge in [-0.3, -0.25) is 10.1 Å². The van der Waals surface area contributed by atoms with E-state index in [2.05, 4.69) is 10.1 Å². The Morgan fingerprint density at radius 1 is 1.03 bits per heavy atom. The maximum Gasteiger partial charge on any atom is 0.442 e. The number of unbranched alkanes of at least 4 members (excludes halogenated alkanes) is 1. The Bertz CT molecular complexity index is 683. The Morgan fingerprint density at radius 2 is 1.69 bits per heavy atom. The molecule has 29 heavy (non-hydrogen) atoms. The van der Waals surface area contributed by atoms with Crippen LogP contribution in [0.4, 0.5) is 18.0 Å². The number of ether oxygens (including phenoxy) is 1. The molecule has 0 aromatic heterocycles. The van der Waals surface area contributed by atoms with Gasteiger partial charge in [-0.05, 0) is 25.3 Å². The lowest BCUT2D eigenvalue weighted by Gasteiger charge is -2.34. The fourth-order valence-corrected chi connectivity index (χ4v) is 2.42. The molecule has 1 aromatic rings. The number of esters is 1. The lowest BCUT2D eigenvalue weighted by atomic mass is 10.1. The Labute approximate surface area is 167 Å². The summed E-state index contributed by atoms with van der Waals surface area (Å²) >= 11 is 0. The van der Waals surface area contributed by atoms with Gasteiger partial charge in [-0.1, -0.05) is 43.7 Å². The number of alkyl halides is 3. The van der Waals surface area contributed by atoms with Crippen LogP contribution in [0.3, 0.4) is 0 Å². The summed E-state index contributed by atoms with van der Waals surface area (Å²) in [5, 5.41) is 5.45. The van der Waals surface area contributed by atoms with Gasteiger partial charge in [-0.25, -0.2) is 9.59 Å². The third-order valence-electron chi connectivity index (χ3n) is 3.93. The van der Waals surface area contributed by atoms with Gasteiger partial charge < -0.3 is 15.4 Å². The number of carbonyl (C=O) groups is 3. The van der Waals surface area contributed by atoms with Gasteiger partial charge in [0.05, 0.1) is 6.61 Å². The molecule has 1 rings (SSSR count). The predicted octanol–water partition coefficient (Wildman–Crippen LogP) is 2.66. The summed E-state index contributed by atoms with van der Waals surface area (Å²) in [7, 11) is 0. The maximum absolute atomic E-state index is 13.8. The molecule has 1 atom stereocenters. The number of halogens is 3. The molecule has 0 saturated heterocycles. The summed E-state index contributed by atoms with van der Waals surface area (Å²) in [6, 6.07) is 7.72. The molecule has 1 aromatic carbocycles. The number of urea groups is 1. The van der Waals surface area contributed by atoms with E-state index in [1.165, 1.54) is 6.92 Å². The number of hydrogen-bond donors (Lipinski definition) is 3. The zero-order valence-corrected chi connectivity index (χ0v) is 16.4. The zero-order chi connectivity index (χ0) is 21.9. The third-order valence-corrected chi connectivity index (χ3v) is 3.93. The SMILES string of the molecule is CCCCC(=O)N[C@@](NC(=O)NCCc1ccccc1)(C(=O)OCC)C(F)(F)F.